The summed E-state index contributed by atoms with van der Waals surface area (Å²) >= 11 is 5.80. The second kappa shape index (κ2) is 6.73. The van der Waals surface area contributed by atoms with E-state index >= 15 is 0 Å². The first-order valence-electron chi connectivity index (χ1n) is 1.51. The molecular formula is C3H2BrNSZn. The zero-order valence-electron chi connectivity index (χ0n) is 3.60. The second-order valence-electron chi connectivity index (χ2n) is 0.618. The van der Waals surface area contributed by atoms with Gasteiger partial charge in [-0.1, -0.05) is 10.9 Å². The van der Waals surface area contributed by atoms with E-state index in [2.05, 4.69) is 24.8 Å². The van der Waals surface area contributed by atoms with Crippen molar-refractivity contribution in [1.29, 1.82) is 0 Å². The van der Waals surface area contributed by atoms with Crippen molar-refractivity contribution in [1.82, 2.24) is 4.98 Å². The molecule has 0 spiro atoms. The third-order valence-corrected chi connectivity index (χ3v) is 0.777. The second-order valence-corrected chi connectivity index (χ2v) is 1.34. The van der Waals surface area contributed by atoms with Crippen LogP contribution < -0.4 is 0 Å². The van der Waals surface area contributed by atoms with Crippen molar-refractivity contribution in [3.05, 3.63) is 17.1 Å². The molecule has 0 aliphatic heterocycles. The van der Waals surface area contributed by atoms with Gasteiger partial charge < -0.3 is 4.98 Å². The van der Waals surface area contributed by atoms with Crippen LogP contribution in [0.15, 0.2) is 10.9 Å². The molecule has 0 amide bonds. The smallest absolute Gasteiger partial charge is 0.0768 e. The number of nitrogens with zero attached hydrogens (tertiary/aromatic N) is 1. The molecule has 0 radical (unpaired) electrons. The zero-order chi connectivity index (χ0) is 5.54. The van der Waals surface area contributed by atoms with Gasteiger partial charge in [-0.25, -0.2) is 0 Å². The maximum absolute atomic E-state index is 3.62. The van der Waals surface area contributed by atoms with Crippen LogP contribution in [0.1, 0.15) is 0 Å². The van der Waals surface area contributed by atoms with Crippen molar-refractivity contribution in [2.24, 2.45) is 0 Å². The van der Waals surface area contributed by atoms with E-state index in [1.54, 1.807) is 22.2 Å². The van der Waals surface area contributed by atoms with Gasteiger partial charge in [0.15, 0.2) is 0 Å². The Labute approximate surface area is 63.2 Å². The average Bonchev–Trinajstić information content (AvgIpc) is 2.23. The first-order valence-corrected chi connectivity index (χ1v) is 9.40. The number of hydrogen-bond acceptors (Lipinski definition) is 2. The minimum Gasteiger partial charge on any atom is -0.448 e. The fraction of sp³-hybridized carbons (Fsp3) is 0. The first-order chi connectivity index (χ1) is 3.50. The van der Waals surface area contributed by atoms with E-state index in [1.165, 1.54) is 16.3 Å². The molecule has 1 aromatic rings. The van der Waals surface area contributed by atoms with Gasteiger partial charge in [0.05, 0.1) is 0 Å². The maximum Gasteiger partial charge on any atom is -0.0768 e. The molecular weight excluding hydrogens is 227 g/mol. The number of aromatic nitrogens is 1. The van der Waals surface area contributed by atoms with Crippen molar-refractivity contribution in [2.45, 2.75) is 0 Å². The Balaban J connectivity index is 0.000000162. The van der Waals surface area contributed by atoms with Crippen molar-refractivity contribution in [2.75, 3.05) is 0 Å². The number of rotatable bonds is 0. The summed E-state index contributed by atoms with van der Waals surface area (Å²) in [5.41, 5.74) is 1.74. The summed E-state index contributed by atoms with van der Waals surface area (Å²) in [6.45, 7) is 0. The van der Waals surface area contributed by atoms with Gasteiger partial charge in [0.1, 0.15) is 0 Å². The summed E-state index contributed by atoms with van der Waals surface area (Å²) in [5, 5.41) is 1.81. The molecule has 0 fully saturated rings. The van der Waals surface area contributed by atoms with Gasteiger partial charge in [-0.05, 0) is 0 Å². The van der Waals surface area contributed by atoms with Crippen molar-refractivity contribution >= 4 is 25.0 Å². The van der Waals surface area contributed by atoms with Crippen LogP contribution >= 0.6 is 25.0 Å². The molecule has 0 saturated heterocycles. The van der Waals surface area contributed by atoms with Crippen LogP contribution in [0.2, 0.25) is 0 Å². The Morgan fingerprint density at radius 1 is 1.71 bits per heavy atom. The maximum atomic E-state index is 3.62. The molecule has 1 heterocycles. The minimum atomic E-state index is 1.19. The van der Waals surface area contributed by atoms with E-state index in [4.69, 9.17) is 0 Å². The number of halogens is 1. The van der Waals surface area contributed by atoms with E-state index in [0.717, 1.165) is 0 Å². The molecule has 0 atom stereocenters. The third kappa shape index (κ3) is 4.59. The standard InChI is InChI=1S/C3H2NS.BrH.Zn/c1-2-5-3-4-1;;/h2-3H;1H;/q-1;;+2/p-1. The molecule has 0 N–H and O–H groups in total. The summed E-state index contributed by atoms with van der Waals surface area (Å²) in [4.78, 5) is 3.62. The van der Waals surface area contributed by atoms with Crippen LogP contribution in [-0.2, 0) is 16.3 Å². The third-order valence-electron chi connectivity index (χ3n) is 0.309. The summed E-state index contributed by atoms with van der Waals surface area (Å²) < 4.78 is 0. The Morgan fingerprint density at radius 3 is 2.57 bits per heavy atom. The summed E-state index contributed by atoms with van der Waals surface area (Å²) in [6, 6.07) is 0. The van der Waals surface area contributed by atoms with Crippen molar-refractivity contribution < 1.29 is 16.3 Å². The molecule has 1 rings (SSSR count). The van der Waals surface area contributed by atoms with Crippen LogP contribution in [0, 0.1) is 6.20 Å². The summed E-state index contributed by atoms with van der Waals surface area (Å²) in [7, 11) is 0. The molecule has 0 aliphatic carbocycles. The summed E-state index contributed by atoms with van der Waals surface area (Å²) in [5.74, 6) is 0. The van der Waals surface area contributed by atoms with Gasteiger partial charge in [-0.15, -0.1) is 6.20 Å². The fourth-order valence-corrected chi connectivity index (χ4v) is 0.456. The average molecular weight is 229 g/mol. The van der Waals surface area contributed by atoms with Crippen molar-refractivity contribution in [3.63, 3.8) is 0 Å². The number of thiazole rings is 1. The predicted molar refractivity (Wildman–Crippen MR) is 29.9 cm³/mol. The van der Waals surface area contributed by atoms with E-state index < -0.39 is 0 Å². The predicted octanol–water partition coefficient (Wildman–Crippen LogP) is 1.79. The normalized spacial score (nSPS) is 6.71. The van der Waals surface area contributed by atoms with E-state index in [0.29, 0.717) is 0 Å². The topological polar surface area (TPSA) is 12.9 Å². The van der Waals surface area contributed by atoms with Crippen LogP contribution in [-0.4, -0.2) is 4.98 Å². The monoisotopic (exact) mass is 227 g/mol. The Morgan fingerprint density at radius 2 is 2.43 bits per heavy atom. The molecule has 0 saturated carbocycles. The van der Waals surface area contributed by atoms with Gasteiger partial charge >= 0.3 is 30.0 Å². The quantitative estimate of drug-likeness (QED) is 0.488. The molecule has 0 aromatic carbocycles. The molecule has 7 heavy (non-hydrogen) atoms. The van der Waals surface area contributed by atoms with Gasteiger partial charge in [0, 0.05) is 0 Å². The van der Waals surface area contributed by atoms with E-state index in [1.807, 2.05) is 0 Å². The number of hydrogen-bond donors (Lipinski definition) is 0. The van der Waals surface area contributed by atoms with Crippen LogP contribution in [0.25, 0.3) is 0 Å². The largest absolute Gasteiger partial charge is 0.448 e. The molecule has 0 unspecified atom stereocenters. The molecule has 34 valence electrons. The van der Waals surface area contributed by atoms with Crippen LogP contribution in [0.5, 0.6) is 0 Å². The SMILES string of the molecule is [Zn+][Br].[c-]1cscn1. The molecule has 0 bridgehead atoms. The van der Waals surface area contributed by atoms with Crippen LogP contribution in [0.4, 0.5) is 0 Å². The molecule has 4 heteroatoms. The van der Waals surface area contributed by atoms with Gasteiger partial charge in [-0.2, -0.15) is 0 Å². The van der Waals surface area contributed by atoms with Gasteiger partial charge in [0.25, 0.3) is 0 Å². The Bertz CT molecular complexity index is 71.4. The van der Waals surface area contributed by atoms with Gasteiger partial charge in [-0.3, -0.25) is 11.3 Å². The molecule has 1 aromatic heterocycles. The molecule has 0 aliphatic rings. The van der Waals surface area contributed by atoms with E-state index in [9.17, 15) is 0 Å². The zero-order valence-corrected chi connectivity index (χ0v) is 8.96. The first kappa shape index (κ1) is 7.73. The van der Waals surface area contributed by atoms with Gasteiger partial charge in [0.2, 0.25) is 0 Å². The molecule has 1 nitrogen and oxygen atoms in total. The van der Waals surface area contributed by atoms with E-state index in [-0.39, 0.29) is 0 Å². The van der Waals surface area contributed by atoms with Crippen molar-refractivity contribution in [3.8, 4) is 0 Å². The Kier molecular flexibility index (Phi) is 7.44. The minimum absolute atomic E-state index is 1.19. The summed E-state index contributed by atoms with van der Waals surface area (Å²) in [6.07, 6.45) is 2.63. The Hall–Kier alpha value is 0.733. The fourth-order valence-electron chi connectivity index (χ4n) is 0.152. The van der Waals surface area contributed by atoms with Crippen LogP contribution in [0.3, 0.4) is 0 Å².